The predicted molar refractivity (Wildman–Crippen MR) is 226 cm³/mol. The van der Waals surface area contributed by atoms with E-state index in [1.165, 1.54) is 55.8 Å². The summed E-state index contributed by atoms with van der Waals surface area (Å²) in [6.07, 6.45) is 1.49. The number of aliphatic hydroxyl groups is 1. The summed E-state index contributed by atoms with van der Waals surface area (Å²) in [5.41, 5.74) is 0.833. The van der Waals surface area contributed by atoms with Crippen LogP contribution < -0.4 is 10.6 Å². The number of likely N-dealkylation sites (N-methyl/N-ethyl adjacent to an activating group) is 3. The zero-order chi connectivity index (χ0) is 45.6. The van der Waals surface area contributed by atoms with E-state index in [0.717, 1.165) is 0 Å². The molecule has 15 nitrogen and oxygen atoms in total. The van der Waals surface area contributed by atoms with Gasteiger partial charge in [-0.25, -0.2) is 9.59 Å². The van der Waals surface area contributed by atoms with Crippen LogP contribution in [0, 0.1) is 29.6 Å². The minimum absolute atomic E-state index is 0.0127. The Morgan fingerprint density at radius 3 is 1.90 bits per heavy atom. The summed E-state index contributed by atoms with van der Waals surface area (Å²) in [6, 6.07) is -4.25. The molecule has 1 aliphatic rings. The fourth-order valence-electron chi connectivity index (χ4n) is 6.77. The third-order valence-electron chi connectivity index (χ3n) is 11.2. The van der Waals surface area contributed by atoms with Crippen molar-refractivity contribution in [1.82, 2.24) is 25.3 Å². The third kappa shape index (κ3) is 15.1. The number of esters is 2. The number of hydrogen-bond acceptors (Lipinski definition) is 10. The number of carbonyl (C=O) groups is 7. The summed E-state index contributed by atoms with van der Waals surface area (Å²) in [7, 11) is 4.36. The summed E-state index contributed by atoms with van der Waals surface area (Å²) in [5.74, 6) is -6.38. The highest BCUT2D eigenvalue weighted by molar-refractivity contribution is 5.96. The Hall–Kier alpha value is -4.27. The lowest BCUT2D eigenvalue weighted by molar-refractivity contribution is -0.160. The average molecular weight is 834 g/mol. The van der Waals surface area contributed by atoms with Crippen molar-refractivity contribution in [2.45, 2.75) is 158 Å². The zero-order valence-electron chi connectivity index (χ0n) is 38.6. The van der Waals surface area contributed by atoms with Gasteiger partial charge in [-0.05, 0) is 69.8 Å². The second-order valence-electron chi connectivity index (χ2n) is 17.4. The minimum Gasteiger partial charge on any atom is -0.456 e. The van der Waals surface area contributed by atoms with Gasteiger partial charge in [-0.1, -0.05) is 81.4 Å². The molecule has 3 N–H and O–H groups in total. The number of nitrogens with zero attached hydrogens (tertiary/aromatic N) is 3. The molecule has 1 heterocycles. The number of hydrogen-bond donors (Lipinski definition) is 3. The van der Waals surface area contributed by atoms with Crippen LogP contribution in [0.3, 0.4) is 0 Å². The molecular weight excluding hydrogens is 759 g/mol. The number of ether oxygens (including phenoxy) is 2. The maximum Gasteiger partial charge on any atom is 0.334 e. The van der Waals surface area contributed by atoms with Crippen LogP contribution in [-0.2, 0) is 43.0 Å². The maximum atomic E-state index is 14.2. The highest BCUT2D eigenvalue weighted by Crippen LogP contribution is 2.25. The van der Waals surface area contributed by atoms with Gasteiger partial charge < -0.3 is 39.9 Å². The molecule has 0 saturated heterocycles. The Morgan fingerprint density at radius 1 is 0.847 bits per heavy atom. The van der Waals surface area contributed by atoms with Gasteiger partial charge in [0.25, 0.3) is 5.91 Å². The van der Waals surface area contributed by atoms with E-state index in [1.807, 2.05) is 33.8 Å². The molecule has 0 bridgehead atoms. The quantitative estimate of drug-likeness (QED) is 0.238. The second kappa shape index (κ2) is 24.1. The highest BCUT2D eigenvalue weighted by Gasteiger charge is 2.39. The van der Waals surface area contributed by atoms with E-state index in [9.17, 15) is 38.7 Å². The second-order valence-corrected chi connectivity index (χ2v) is 17.4. The summed E-state index contributed by atoms with van der Waals surface area (Å²) in [6.45, 7) is 22.4. The Kier molecular flexibility index (Phi) is 21.5. The number of nitrogens with one attached hydrogen (secondary N) is 2. The first-order valence-corrected chi connectivity index (χ1v) is 21.1. The van der Waals surface area contributed by atoms with Gasteiger partial charge in [0.1, 0.15) is 30.3 Å². The van der Waals surface area contributed by atoms with Crippen LogP contribution in [0.25, 0.3) is 0 Å². The Balaban J connectivity index is 3.87. The first-order valence-electron chi connectivity index (χ1n) is 21.1. The molecule has 1 rings (SSSR count). The molecule has 4 unspecified atom stereocenters. The third-order valence-corrected chi connectivity index (χ3v) is 11.2. The Morgan fingerprint density at radius 2 is 1.39 bits per heavy atom. The number of cyclic esters (lactones) is 2. The fraction of sp³-hybridized carbons (Fsp3) is 0.750. The van der Waals surface area contributed by atoms with Crippen LogP contribution in [0.2, 0.25) is 0 Å². The van der Waals surface area contributed by atoms with Gasteiger partial charge in [0.05, 0.1) is 12.6 Å². The van der Waals surface area contributed by atoms with E-state index in [2.05, 4.69) is 10.6 Å². The molecule has 0 fully saturated rings. The Bertz CT molecular complexity index is 1540. The fourth-order valence-corrected chi connectivity index (χ4v) is 6.77. The SMILES string of the molecule is CC/C=C(\C)C1OC(=O)[C@H](C)N(C)C(=O)[C@H](C(C)C)NC(=O)CN(C)C(=O)C(CC(C)C)N(C)C(=O)[C@H](C(C)C)NC(=O)C([C@@H](C)CC)OC(=O)/C(C)=C/CC(O)[C@@H]1C. The maximum absolute atomic E-state index is 14.2. The van der Waals surface area contributed by atoms with Crippen molar-refractivity contribution in [3.05, 3.63) is 23.3 Å². The first-order chi connectivity index (χ1) is 27.3. The van der Waals surface area contributed by atoms with Crippen molar-refractivity contribution in [3.63, 3.8) is 0 Å². The van der Waals surface area contributed by atoms with E-state index >= 15 is 0 Å². The van der Waals surface area contributed by atoms with Crippen LogP contribution in [0.4, 0.5) is 0 Å². The molecule has 0 aromatic carbocycles. The summed E-state index contributed by atoms with van der Waals surface area (Å²) in [5, 5.41) is 16.9. The normalized spacial score (nSPS) is 29.3. The van der Waals surface area contributed by atoms with E-state index in [-0.39, 0.29) is 24.3 Å². The zero-order valence-corrected chi connectivity index (χ0v) is 38.6. The van der Waals surface area contributed by atoms with Gasteiger partial charge in [0, 0.05) is 38.6 Å². The molecule has 15 heteroatoms. The van der Waals surface area contributed by atoms with Crippen LogP contribution in [0.1, 0.15) is 116 Å². The molecule has 0 aromatic heterocycles. The number of carbonyl (C=O) groups excluding carboxylic acids is 7. The van der Waals surface area contributed by atoms with Crippen molar-refractivity contribution in [2.24, 2.45) is 29.6 Å². The lowest BCUT2D eigenvalue weighted by atomic mass is 9.90. The molecule has 1 aliphatic heterocycles. The number of aliphatic hydroxyl groups excluding tert-OH is 1. The molecule has 0 radical (unpaired) electrons. The molecule has 0 aliphatic carbocycles. The van der Waals surface area contributed by atoms with Gasteiger partial charge in [-0.3, -0.25) is 24.0 Å². The molecule has 5 amide bonds. The molecule has 0 spiro atoms. The number of rotatable bonds is 8. The van der Waals surface area contributed by atoms with Gasteiger partial charge >= 0.3 is 11.9 Å². The van der Waals surface area contributed by atoms with Gasteiger partial charge in [-0.2, -0.15) is 0 Å². The topological polar surface area (TPSA) is 192 Å². The highest BCUT2D eigenvalue weighted by atomic mass is 16.6. The predicted octanol–water partition coefficient (Wildman–Crippen LogP) is 4.02. The number of amides is 5. The molecule has 336 valence electrons. The summed E-state index contributed by atoms with van der Waals surface area (Å²) < 4.78 is 11.8. The van der Waals surface area contributed by atoms with Gasteiger partial charge in [-0.15, -0.1) is 0 Å². The largest absolute Gasteiger partial charge is 0.456 e. The summed E-state index contributed by atoms with van der Waals surface area (Å²) >= 11 is 0. The van der Waals surface area contributed by atoms with Crippen LogP contribution in [0.15, 0.2) is 23.3 Å². The molecule has 0 saturated carbocycles. The van der Waals surface area contributed by atoms with Crippen molar-refractivity contribution < 1.29 is 48.1 Å². The molecule has 59 heavy (non-hydrogen) atoms. The van der Waals surface area contributed by atoms with E-state index in [0.29, 0.717) is 18.4 Å². The minimum atomic E-state index is -1.26. The standard InChI is InChI=1S/C44H75N5O10/c1-17-19-28(10)37-30(12)33(50)21-20-29(11)43(56)59-38(27(9)18-2)39(52)46-36(26(7)8)42(55)49(16)32(22-24(3)4)40(53)47(14)23-34(51)45-35(25(5)6)41(54)48(15)31(13)44(57)58-37/h19-20,24-27,30-33,35-38,50H,17-18,21-23H2,1-16H3,(H,45,51)(H,46,52)/b28-19+,29-20+/t27-,30-,31-,32?,33?,35-,36-,37?,38?/m0/s1. The van der Waals surface area contributed by atoms with Crippen molar-refractivity contribution in [1.29, 1.82) is 0 Å². The van der Waals surface area contributed by atoms with Gasteiger partial charge in [0.15, 0.2) is 6.10 Å². The monoisotopic (exact) mass is 834 g/mol. The summed E-state index contributed by atoms with van der Waals surface area (Å²) in [4.78, 5) is 100. The average Bonchev–Trinajstić information content (AvgIpc) is 3.17. The lowest BCUT2D eigenvalue weighted by Gasteiger charge is -2.36. The van der Waals surface area contributed by atoms with E-state index < -0.39 is 114 Å². The van der Waals surface area contributed by atoms with Crippen molar-refractivity contribution in [2.75, 3.05) is 27.7 Å². The smallest absolute Gasteiger partial charge is 0.334 e. The molecule has 9 atom stereocenters. The Labute approximate surface area is 353 Å². The molecule has 0 aromatic rings. The van der Waals surface area contributed by atoms with Crippen LogP contribution >= 0.6 is 0 Å². The first kappa shape index (κ1) is 52.7. The van der Waals surface area contributed by atoms with E-state index in [1.54, 1.807) is 48.5 Å². The van der Waals surface area contributed by atoms with E-state index in [4.69, 9.17) is 9.47 Å². The van der Waals surface area contributed by atoms with Crippen LogP contribution in [-0.4, -0.2) is 131 Å². The number of allylic oxidation sites excluding steroid dienone is 1. The van der Waals surface area contributed by atoms with Crippen LogP contribution in [0.5, 0.6) is 0 Å². The van der Waals surface area contributed by atoms with Crippen molar-refractivity contribution >= 4 is 41.5 Å². The van der Waals surface area contributed by atoms with Gasteiger partial charge in [0.2, 0.25) is 23.6 Å². The molecular formula is C44H75N5O10. The van der Waals surface area contributed by atoms with Crippen molar-refractivity contribution in [3.8, 4) is 0 Å². The lowest BCUT2D eigenvalue weighted by Crippen LogP contribution is -2.59.